The van der Waals surface area contributed by atoms with Crippen LogP contribution in [0.15, 0.2) is 52.5 Å². The van der Waals surface area contributed by atoms with Crippen LogP contribution in [0.4, 0.5) is 26.3 Å². The van der Waals surface area contributed by atoms with E-state index in [1.54, 1.807) is 29.2 Å². The summed E-state index contributed by atoms with van der Waals surface area (Å²) in [6.07, 6.45) is -5.66. The molecule has 1 atom stereocenters. The van der Waals surface area contributed by atoms with E-state index in [9.17, 15) is 41.0 Å². The van der Waals surface area contributed by atoms with Crippen molar-refractivity contribution < 1.29 is 41.0 Å². The summed E-state index contributed by atoms with van der Waals surface area (Å²) in [6, 6.07) is 6.43. The number of hydrogen-bond donors (Lipinski definition) is 1. The number of rotatable bonds is 4. The van der Waals surface area contributed by atoms with Crippen LogP contribution in [0.25, 0.3) is 17.0 Å². The van der Waals surface area contributed by atoms with E-state index in [1.165, 1.54) is 10.9 Å². The Balaban J connectivity index is 1.36. The van der Waals surface area contributed by atoms with Crippen LogP contribution < -0.4 is 0 Å². The molecule has 14 heteroatoms. The van der Waals surface area contributed by atoms with Gasteiger partial charge in [-0.1, -0.05) is 12.1 Å². The summed E-state index contributed by atoms with van der Waals surface area (Å²) < 4.78 is 81.0. The van der Waals surface area contributed by atoms with Gasteiger partial charge >= 0.3 is 18.3 Å². The summed E-state index contributed by atoms with van der Waals surface area (Å²) >= 11 is 1.14. The highest BCUT2D eigenvalue weighted by atomic mass is 32.2. The number of carboxylic acids is 1. The van der Waals surface area contributed by atoms with Crippen molar-refractivity contribution in [1.82, 2.24) is 14.7 Å². The molecular weight excluding hydrogens is 562 g/mol. The van der Waals surface area contributed by atoms with Crippen LogP contribution in [0.2, 0.25) is 0 Å². The SMILES string of the molecule is O=C1N=C(N2CCC[C@H](C(=O)O)C2)S/C1=C\c1ccc2c(cnn2Cc2ccc(C(F)(F)F)cc2C(F)(F)F)c1. The number of fused-ring (bicyclic) bond motifs is 1. The van der Waals surface area contributed by atoms with Crippen molar-refractivity contribution in [1.29, 1.82) is 0 Å². The first-order chi connectivity index (χ1) is 18.8. The molecule has 0 bridgehead atoms. The van der Waals surface area contributed by atoms with Crippen molar-refractivity contribution in [3.63, 3.8) is 0 Å². The Labute approximate surface area is 227 Å². The second kappa shape index (κ2) is 10.3. The number of carbonyl (C=O) groups is 2. The van der Waals surface area contributed by atoms with Crippen molar-refractivity contribution in [3.05, 3.63) is 69.8 Å². The average molecular weight is 583 g/mol. The summed E-state index contributed by atoms with van der Waals surface area (Å²) in [5, 5.41) is 14.4. The summed E-state index contributed by atoms with van der Waals surface area (Å²) in [5.41, 5.74) is -2.09. The van der Waals surface area contributed by atoms with Crippen LogP contribution in [0.5, 0.6) is 0 Å². The standard InChI is InChI=1S/C26H20F6N4O3S/c27-25(28,29)18-5-4-15(19(10-18)26(30,31)32)13-36-20-6-3-14(8-17(20)11-33-36)9-21-22(37)34-24(40-21)35-7-1-2-16(12-35)23(38)39/h3-6,8-11,16H,1-2,7,12-13H2,(H,38,39)/b21-9-/t16-/m0/s1. The predicted molar refractivity (Wildman–Crippen MR) is 135 cm³/mol. The number of piperidine rings is 1. The van der Waals surface area contributed by atoms with Gasteiger partial charge in [-0.25, -0.2) is 0 Å². The molecule has 210 valence electrons. The Bertz CT molecular complexity index is 1560. The lowest BCUT2D eigenvalue weighted by atomic mass is 9.99. The van der Waals surface area contributed by atoms with Gasteiger partial charge in [-0.05, 0) is 66.1 Å². The summed E-state index contributed by atoms with van der Waals surface area (Å²) in [4.78, 5) is 30.1. The molecule has 0 saturated carbocycles. The molecule has 1 saturated heterocycles. The average Bonchev–Trinajstić information content (AvgIpc) is 3.45. The van der Waals surface area contributed by atoms with Crippen LogP contribution in [-0.2, 0) is 28.5 Å². The fourth-order valence-electron chi connectivity index (χ4n) is 4.67. The number of aromatic nitrogens is 2. The summed E-state index contributed by atoms with van der Waals surface area (Å²) in [7, 11) is 0. The number of thioether (sulfide) groups is 1. The number of carboxylic acid groups (broad SMARTS) is 1. The van der Waals surface area contributed by atoms with E-state index in [0.29, 0.717) is 52.0 Å². The van der Waals surface area contributed by atoms with Gasteiger partial charge in [0.25, 0.3) is 5.91 Å². The molecule has 1 N–H and O–H groups in total. The monoisotopic (exact) mass is 582 g/mol. The molecule has 1 aromatic heterocycles. The Kier molecular flexibility index (Phi) is 7.15. The zero-order valence-corrected chi connectivity index (χ0v) is 21.3. The number of benzene rings is 2. The molecule has 3 heterocycles. The minimum absolute atomic E-state index is 0.101. The van der Waals surface area contributed by atoms with Gasteiger partial charge in [-0.2, -0.15) is 36.4 Å². The van der Waals surface area contributed by atoms with E-state index in [0.717, 1.165) is 17.8 Å². The van der Waals surface area contributed by atoms with E-state index in [2.05, 4.69) is 10.1 Å². The lowest BCUT2D eigenvalue weighted by Crippen LogP contribution is -2.40. The number of amidine groups is 1. The highest BCUT2D eigenvalue weighted by Gasteiger charge is 2.38. The molecule has 7 nitrogen and oxygen atoms in total. The fourth-order valence-corrected chi connectivity index (χ4v) is 5.62. The fraction of sp³-hybridized carbons (Fsp3) is 0.308. The topological polar surface area (TPSA) is 87.8 Å². The van der Waals surface area contributed by atoms with Gasteiger partial charge in [-0.15, -0.1) is 0 Å². The Morgan fingerprint density at radius 3 is 2.58 bits per heavy atom. The van der Waals surface area contributed by atoms with E-state index in [-0.39, 0.29) is 18.2 Å². The van der Waals surface area contributed by atoms with Gasteiger partial charge in [0.05, 0.1) is 40.2 Å². The molecule has 2 aliphatic rings. The molecule has 1 fully saturated rings. The molecule has 0 radical (unpaired) electrons. The number of likely N-dealkylation sites (tertiary alicyclic amines) is 1. The van der Waals surface area contributed by atoms with Gasteiger partial charge in [0.1, 0.15) is 0 Å². The third-order valence-electron chi connectivity index (χ3n) is 6.68. The minimum atomic E-state index is -4.99. The van der Waals surface area contributed by atoms with Crippen LogP contribution in [0, 0.1) is 5.92 Å². The van der Waals surface area contributed by atoms with Crippen molar-refractivity contribution in [2.45, 2.75) is 31.7 Å². The van der Waals surface area contributed by atoms with Gasteiger partial charge in [0.2, 0.25) is 0 Å². The zero-order valence-electron chi connectivity index (χ0n) is 20.5. The third kappa shape index (κ3) is 5.71. The van der Waals surface area contributed by atoms with E-state index < -0.39 is 47.8 Å². The van der Waals surface area contributed by atoms with Crippen LogP contribution in [0.3, 0.4) is 0 Å². The maximum absolute atomic E-state index is 13.6. The van der Waals surface area contributed by atoms with Crippen LogP contribution >= 0.6 is 11.8 Å². The number of aliphatic carboxylic acids is 1. The first-order valence-corrected chi connectivity index (χ1v) is 12.8. The van der Waals surface area contributed by atoms with Crippen molar-refractivity contribution in [2.24, 2.45) is 10.9 Å². The second-order valence-electron chi connectivity index (χ2n) is 9.42. The zero-order chi connectivity index (χ0) is 28.8. The van der Waals surface area contributed by atoms with Crippen molar-refractivity contribution in [2.75, 3.05) is 13.1 Å². The largest absolute Gasteiger partial charge is 0.481 e. The number of nitrogens with zero attached hydrogens (tertiary/aromatic N) is 4. The number of halogens is 6. The highest BCUT2D eigenvalue weighted by molar-refractivity contribution is 8.18. The van der Waals surface area contributed by atoms with E-state index in [1.807, 2.05) is 0 Å². The molecule has 2 aliphatic heterocycles. The van der Waals surface area contributed by atoms with Gasteiger partial charge < -0.3 is 10.0 Å². The summed E-state index contributed by atoms with van der Waals surface area (Å²) in [6.45, 7) is 0.452. The van der Waals surface area contributed by atoms with E-state index >= 15 is 0 Å². The van der Waals surface area contributed by atoms with Crippen molar-refractivity contribution in [3.8, 4) is 0 Å². The lowest BCUT2D eigenvalue weighted by molar-refractivity contribution is -0.144. The van der Waals surface area contributed by atoms with Gasteiger partial charge in [-0.3, -0.25) is 14.3 Å². The molecule has 40 heavy (non-hydrogen) atoms. The predicted octanol–water partition coefficient (Wildman–Crippen LogP) is 5.89. The van der Waals surface area contributed by atoms with Crippen LogP contribution in [0.1, 0.15) is 35.1 Å². The number of hydrogen-bond acceptors (Lipinski definition) is 5. The smallest absolute Gasteiger partial charge is 0.416 e. The normalized spacial score (nSPS) is 19.5. The van der Waals surface area contributed by atoms with E-state index in [4.69, 9.17) is 0 Å². The molecule has 0 unspecified atom stereocenters. The number of aliphatic imine (C=N–C) groups is 1. The molecule has 2 aromatic carbocycles. The van der Waals surface area contributed by atoms with Crippen LogP contribution in [-0.4, -0.2) is 49.9 Å². The Morgan fingerprint density at radius 1 is 1.10 bits per heavy atom. The third-order valence-corrected chi connectivity index (χ3v) is 7.72. The first-order valence-electron chi connectivity index (χ1n) is 12.0. The Hall–Kier alpha value is -3.81. The minimum Gasteiger partial charge on any atom is -0.481 e. The maximum atomic E-state index is 13.6. The Morgan fingerprint density at radius 2 is 1.88 bits per heavy atom. The molecule has 5 rings (SSSR count). The van der Waals surface area contributed by atoms with Crippen molar-refractivity contribution >= 4 is 45.8 Å². The molecule has 3 aromatic rings. The maximum Gasteiger partial charge on any atom is 0.416 e. The number of alkyl halides is 6. The molecule has 1 amide bonds. The second-order valence-corrected chi connectivity index (χ2v) is 10.4. The molecule has 0 spiro atoms. The quantitative estimate of drug-likeness (QED) is 0.305. The number of carbonyl (C=O) groups excluding carboxylic acids is 1. The van der Waals surface area contributed by atoms with Gasteiger partial charge in [0.15, 0.2) is 5.17 Å². The van der Waals surface area contributed by atoms with Gasteiger partial charge in [0, 0.05) is 18.5 Å². The highest BCUT2D eigenvalue weighted by Crippen LogP contribution is 2.38. The molecule has 0 aliphatic carbocycles. The lowest BCUT2D eigenvalue weighted by Gasteiger charge is -2.31. The number of amides is 1. The molecular formula is C26H20F6N4O3S. The summed E-state index contributed by atoms with van der Waals surface area (Å²) in [5.74, 6) is -1.89. The first kappa shape index (κ1) is 27.7.